The van der Waals surface area contributed by atoms with E-state index in [0.717, 1.165) is 32.1 Å². The van der Waals surface area contributed by atoms with E-state index < -0.39 is 0 Å². The zero-order valence-corrected chi connectivity index (χ0v) is 15.2. The molecule has 0 bridgehead atoms. The van der Waals surface area contributed by atoms with Crippen molar-refractivity contribution >= 4 is 17.7 Å². The SMILES string of the molecule is CN=C(NCCCOC(C)C)N(C)Cc1ccc(SC)cc1. The summed E-state index contributed by atoms with van der Waals surface area (Å²) in [5, 5.41) is 3.38. The molecule has 22 heavy (non-hydrogen) atoms. The highest BCUT2D eigenvalue weighted by atomic mass is 32.2. The Balaban J connectivity index is 2.38. The van der Waals surface area contributed by atoms with Gasteiger partial charge in [-0.3, -0.25) is 4.99 Å². The summed E-state index contributed by atoms with van der Waals surface area (Å²) in [6.07, 6.45) is 3.37. The van der Waals surface area contributed by atoms with Gasteiger partial charge >= 0.3 is 0 Å². The van der Waals surface area contributed by atoms with Crippen LogP contribution in [-0.2, 0) is 11.3 Å². The van der Waals surface area contributed by atoms with Crippen LogP contribution in [0.1, 0.15) is 25.8 Å². The third kappa shape index (κ3) is 7.18. The maximum atomic E-state index is 5.54. The molecule has 4 nitrogen and oxygen atoms in total. The van der Waals surface area contributed by atoms with E-state index >= 15 is 0 Å². The molecule has 0 aromatic heterocycles. The van der Waals surface area contributed by atoms with Gasteiger partial charge in [0, 0.05) is 38.7 Å². The predicted octanol–water partition coefficient (Wildman–Crippen LogP) is 3.23. The van der Waals surface area contributed by atoms with Crippen LogP contribution in [0.5, 0.6) is 0 Å². The highest BCUT2D eigenvalue weighted by molar-refractivity contribution is 7.98. The van der Waals surface area contributed by atoms with Crippen molar-refractivity contribution in [2.45, 2.75) is 37.8 Å². The quantitative estimate of drug-likeness (QED) is 0.345. The minimum atomic E-state index is 0.297. The van der Waals surface area contributed by atoms with E-state index in [4.69, 9.17) is 4.74 Å². The van der Waals surface area contributed by atoms with Crippen LogP contribution in [0.15, 0.2) is 34.2 Å². The number of aliphatic imine (C=N–C) groups is 1. The topological polar surface area (TPSA) is 36.9 Å². The Bertz CT molecular complexity index is 446. The minimum absolute atomic E-state index is 0.297. The smallest absolute Gasteiger partial charge is 0.193 e. The molecule has 1 aromatic carbocycles. The van der Waals surface area contributed by atoms with E-state index in [-0.39, 0.29) is 0 Å². The Hall–Kier alpha value is -1.20. The molecule has 0 amide bonds. The van der Waals surface area contributed by atoms with E-state index in [1.807, 2.05) is 7.05 Å². The number of thioether (sulfide) groups is 1. The van der Waals surface area contributed by atoms with Gasteiger partial charge in [0.15, 0.2) is 5.96 Å². The molecule has 0 aliphatic rings. The summed E-state index contributed by atoms with van der Waals surface area (Å²) in [5.41, 5.74) is 1.28. The first-order chi connectivity index (χ1) is 10.6. The zero-order chi connectivity index (χ0) is 16.4. The molecule has 0 atom stereocenters. The molecule has 0 spiro atoms. The zero-order valence-electron chi connectivity index (χ0n) is 14.4. The second-order valence-electron chi connectivity index (χ2n) is 5.45. The number of hydrogen-bond donors (Lipinski definition) is 1. The number of ether oxygens (including phenoxy) is 1. The largest absolute Gasteiger partial charge is 0.379 e. The van der Waals surface area contributed by atoms with Gasteiger partial charge in [0.1, 0.15) is 0 Å². The summed E-state index contributed by atoms with van der Waals surface area (Å²) in [6.45, 7) is 6.61. The average Bonchev–Trinajstić information content (AvgIpc) is 2.51. The average molecular weight is 324 g/mol. The molecule has 0 heterocycles. The lowest BCUT2D eigenvalue weighted by Gasteiger charge is -2.22. The lowest BCUT2D eigenvalue weighted by Crippen LogP contribution is -2.39. The molecule has 1 N–H and O–H groups in total. The Kier molecular flexibility index (Phi) is 9.01. The van der Waals surface area contributed by atoms with E-state index in [2.05, 4.69) is 66.6 Å². The van der Waals surface area contributed by atoms with Gasteiger partial charge < -0.3 is 15.0 Å². The highest BCUT2D eigenvalue weighted by Crippen LogP contribution is 2.15. The fraction of sp³-hybridized carbons (Fsp3) is 0.588. The van der Waals surface area contributed by atoms with Crippen LogP contribution in [-0.4, -0.2) is 50.5 Å². The first-order valence-corrected chi connectivity index (χ1v) is 8.95. The molecule has 0 aliphatic carbocycles. The van der Waals surface area contributed by atoms with Crippen LogP contribution in [0.4, 0.5) is 0 Å². The molecule has 0 fully saturated rings. The summed E-state index contributed by atoms with van der Waals surface area (Å²) in [5.74, 6) is 0.915. The van der Waals surface area contributed by atoms with E-state index in [9.17, 15) is 0 Å². The van der Waals surface area contributed by atoms with Gasteiger partial charge in [-0.2, -0.15) is 0 Å². The Morgan fingerprint density at radius 1 is 1.32 bits per heavy atom. The second-order valence-corrected chi connectivity index (χ2v) is 6.33. The van der Waals surface area contributed by atoms with Crippen LogP contribution in [0.2, 0.25) is 0 Å². The van der Waals surface area contributed by atoms with Gasteiger partial charge in [0.25, 0.3) is 0 Å². The van der Waals surface area contributed by atoms with Crippen molar-refractivity contribution in [2.24, 2.45) is 4.99 Å². The van der Waals surface area contributed by atoms with Crippen molar-refractivity contribution in [1.82, 2.24) is 10.2 Å². The Morgan fingerprint density at radius 2 is 2.00 bits per heavy atom. The summed E-state index contributed by atoms with van der Waals surface area (Å²) < 4.78 is 5.54. The van der Waals surface area contributed by atoms with Crippen LogP contribution in [0.25, 0.3) is 0 Å². The van der Waals surface area contributed by atoms with E-state index in [1.54, 1.807) is 11.8 Å². The number of hydrogen-bond acceptors (Lipinski definition) is 3. The highest BCUT2D eigenvalue weighted by Gasteiger charge is 2.06. The van der Waals surface area contributed by atoms with Crippen molar-refractivity contribution < 1.29 is 4.74 Å². The maximum absolute atomic E-state index is 5.54. The summed E-state index contributed by atoms with van der Waals surface area (Å²) in [7, 11) is 3.88. The van der Waals surface area contributed by atoms with Gasteiger partial charge in [-0.25, -0.2) is 0 Å². The fourth-order valence-corrected chi connectivity index (χ4v) is 2.46. The lowest BCUT2D eigenvalue weighted by molar-refractivity contribution is 0.0776. The summed E-state index contributed by atoms with van der Waals surface area (Å²) in [6, 6.07) is 8.67. The third-order valence-electron chi connectivity index (χ3n) is 3.21. The van der Waals surface area contributed by atoms with Gasteiger partial charge in [0.05, 0.1) is 6.10 Å². The fourth-order valence-electron chi connectivity index (χ4n) is 2.06. The van der Waals surface area contributed by atoms with Crippen LogP contribution in [0.3, 0.4) is 0 Å². The monoisotopic (exact) mass is 323 g/mol. The van der Waals surface area contributed by atoms with Crippen molar-refractivity contribution in [1.29, 1.82) is 0 Å². The molecular formula is C17H29N3OS. The van der Waals surface area contributed by atoms with Gasteiger partial charge in [-0.15, -0.1) is 11.8 Å². The molecule has 0 radical (unpaired) electrons. The van der Waals surface area contributed by atoms with Crippen molar-refractivity contribution in [3.8, 4) is 0 Å². The molecule has 0 unspecified atom stereocenters. The Labute approximate surface area is 139 Å². The number of guanidine groups is 1. The standard InChI is InChI=1S/C17H29N3OS/c1-14(2)21-12-6-11-19-17(18-3)20(4)13-15-7-9-16(22-5)10-8-15/h7-10,14H,6,11-13H2,1-5H3,(H,18,19). The number of rotatable bonds is 8. The molecule has 0 saturated heterocycles. The third-order valence-corrected chi connectivity index (χ3v) is 3.95. The molecule has 5 heteroatoms. The normalized spacial score (nSPS) is 11.8. The summed E-state index contributed by atoms with van der Waals surface area (Å²) in [4.78, 5) is 7.76. The molecule has 1 aromatic rings. The lowest BCUT2D eigenvalue weighted by atomic mass is 10.2. The Morgan fingerprint density at radius 3 is 2.55 bits per heavy atom. The molecule has 0 saturated carbocycles. The van der Waals surface area contributed by atoms with Gasteiger partial charge in [-0.1, -0.05) is 12.1 Å². The van der Waals surface area contributed by atoms with Crippen molar-refractivity contribution in [3.05, 3.63) is 29.8 Å². The molecule has 0 aliphatic heterocycles. The maximum Gasteiger partial charge on any atom is 0.193 e. The van der Waals surface area contributed by atoms with Crippen LogP contribution < -0.4 is 5.32 Å². The van der Waals surface area contributed by atoms with Crippen molar-refractivity contribution in [2.75, 3.05) is 33.5 Å². The first-order valence-electron chi connectivity index (χ1n) is 7.73. The van der Waals surface area contributed by atoms with Gasteiger partial charge in [0.2, 0.25) is 0 Å². The molecular weight excluding hydrogens is 294 g/mol. The van der Waals surface area contributed by atoms with Crippen molar-refractivity contribution in [3.63, 3.8) is 0 Å². The number of nitrogens with one attached hydrogen (secondary N) is 1. The number of benzene rings is 1. The van der Waals surface area contributed by atoms with E-state index in [1.165, 1.54) is 10.5 Å². The van der Waals surface area contributed by atoms with Gasteiger partial charge in [-0.05, 0) is 44.2 Å². The van der Waals surface area contributed by atoms with Crippen LogP contribution in [0, 0.1) is 0 Å². The van der Waals surface area contributed by atoms with Crippen LogP contribution >= 0.6 is 11.8 Å². The van der Waals surface area contributed by atoms with E-state index in [0.29, 0.717) is 6.10 Å². The summed E-state index contributed by atoms with van der Waals surface area (Å²) >= 11 is 1.76. The number of nitrogens with zero attached hydrogens (tertiary/aromatic N) is 2. The second kappa shape index (κ2) is 10.5. The minimum Gasteiger partial charge on any atom is -0.379 e. The first kappa shape index (κ1) is 18.8. The predicted molar refractivity (Wildman–Crippen MR) is 96.8 cm³/mol. The molecule has 124 valence electrons. The molecule has 1 rings (SSSR count).